The number of nitrogens with zero attached hydrogens (tertiary/aromatic N) is 1. The van der Waals surface area contributed by atoms with E-state index in [4.69, 9.17) is 0 Å². The molecule has 7 heteroatoms. The minimum Gasteiger partial charge on any atom is -0.724 e. The van der Waals surface area contributed by atoms with E-state index in [1.165, 1.54) is 76.1 Å². The van der Waals surface area contributed by atoms with Crippen LogP contribution in [0, 0.1) is 0 Å². The fourth-order valence-corrected chi connectivity index (χ4v) is 2.69. The molecular weight excluding hydrogens is 318 g/mol. The fraction of sp³-hybridized carbons (Fsp3) is 1.00. The molecule has 0 N–H and O–H groups in total. The van der Waals surface area contributed by atoms with Crippen LogP contribution in [0.15, 0.2) is 0 Å². The largest absolute Gasteiger partial charge is 0.724 e. The molecule has 0 heterocycles. The van der Waals surface area contributed by atoms with Gasteiger partial charge < -0.3 is 9.04 Å². The SMILES string of the molecule is CCCCCCCC[N+](CC)(CC)CC.CCOOS(=O)(=O)[O-]. The lowest BCUT2D eigenvalue weighted by molar-refractivity contribution is -0.923. The van der Waals surface area contributed by atoms with E-state index in [-0.39, 0.29) is 6.61 Å². The minimum absolute atomic E-state index is 0.0292. The van der Waals surface area contributed by atoms with E-state index in [9.17, 15) is 13.0 Å². The van der Waals surface area contributed by atoms with Gasteiger partial charge in [0.25, 0.3) is 0 Å². The molecule has 0 radical (unpaired) electrons. The highest BCUT2D eigenvalue weighted by Gasteiger charge is 2.19. The molecule has 0 spiro atoms. The van der Waals surface area contributed by atoms with Gasteiger partial charge in [-0.3, -0.25) is 0 Å². The van der Waals surface area contributed by atoms with Crippen molar-refractivity contribution < 1.29 is 26.7 Å². The summed E-state index contributed by atoms with van der Waals surface area (Å²) in [5, 5.41) is 0. The zero-order valence-electron chi connectivity index (χ0n) is 15.7. The lowest BCUT2D eigenvalue weighted by Crippen LogP contribution is -2.48. The second-order valence-electron chi connectivity index (χ2n) is 5.66. The topological polar surface area (TPSA) is 75.7 Å². The van der Waals surface area contributed by atoms with E-state index in [1.807, 2.05) is 0 Å². The Kier molecular flexibility index (Phi) is 16.7. The zero-order valence-corrected chi connectivity index (χ0v) is 16.5. The first-order chi connectivity index (χ1) is 10.8. The van der Waals surface area contributed by atoms with Crippen LogP contribution in [0.3, 0.4) is 0 Å². The van der Waals surface area contributed by atoms with Gasteiger partial charge in [-0.2, -0.15) is 0 Å². The second kappa shape index (κ2) is 15.3. The molecule has 0 atom stereocenters. The number of rotatable bonds is 13. The summed E-state index contributed by atoms with van der Waals surface area (Å²) in [6.07, 6.45) is 8.55. The maximum atomic E-state index is 9.49. The normalized spacial score (nSPS) is 11.9. The van der Waals surface area contributed by atoms with Crippen molar-refractivity contribution in [2.75, 3.05) is 32.8 Å². The van der Waals surface area contributed by atoms with Crippen molar-refractivity contribution >= 4 is 10.4 Å². The van der Waals surface area contributed by atoms with Crippen molar-refractivity contribution in [2.45, 2.75) is 73.1 Å². The molecule has 0 aromatic heterocycles. The van der Waals surface area contributed by atoms with Crippen LogP contribution in [-0.2, 0) is 19.6 Å². The summed E-state index contributed by atoms with van der Waals surface area (Å²) in [5.74, 6) is 0. The summed E-state index contributed by atoms with van der Waals surface area (Å²) in [6, 6.07) is 0. The molecule has 0 aromatic carbocycles. The van der Waals surface area contributed by atoms with Crippen LogP contribution in [0.4, 0.5) is 0 Å². The lowest BCUT2D eigenvalue weighted by atomic mass is 10.1. The Hall–Kier alpha value is -0.210. The molecule has 0 amide bonds. The van der Waals surface area contributed by atoms with Crippen molar-refractivity contribution in [3.63, 3.8) is 0 Å². The van der Waals surface area contributed by atoms with Gasteiger partial charge in [0.1, 0.15) is 0 Å². The molecular formula is C16H37NO5S. The van der Waals surface area contributed by atoms with Gasteiger partial charge >= 0.3 is 0 Å². The number of hydrogen-bond donors (Lipinski definition) is 0. The van der Waals surface area contributed by atoms with Crippen LogP contribution >= 0.6 is 0 Å². The minimum atomic E-state index is -4.66. The second-order valence-corrected chi connectivity index (χ2v) is 6.62. The van der Waals surface area contributed by atoms with Gasteiger partial charge in [-0.05, 0) is 40.5 Å². The molecule has 0 aliphatic carbocycles. The van der Waals surface area contributed by atoms with Gasteiger partial charge in [0.2, 0.25) is 10.4 Å². The summed E-state index contributed by atoms with van der Waals surface area (Å²) < 4.78 is 33.1. The van der Waals surface area contributed by atoms with E-state index in [1.54, 1.807) is 0 Å². The first kappa shape index (κ1) is 25.0. The molecule has 142 valence electrons. The molecule has 0 aromatic rings. The van der Waals surface area contributed by atoms with E-state index < -0.39 is 10.4 Å². The number of hydrogen-bond acceptors (Lipinski definition) is 5. The quantitative estimate of drug-likeness (QED) is 0.126. The van der Waals surface area contributed by atoms with E-state index in [2.05, 4.69) is 36.9 Å². The monoisotopic (exact) mass is 355 g/mol. The predicted molar refractivity (Wildman–Crippen MR) is 92.5 cm³/mol. The molecule has 0 saturated heterocycles. The highest BCUT2D eigenvalue weighted by Crippen LogP contribution is 2.11. The number of unbranched alkanes of at least 4 members (excludes halogenated alkanes) is 5. The molecule has 6 nitrogen and oxygen atoms in total. The smallest absolute Gasteiger partial charge is 0.245 e. The standard InChI is InChI=1S/C14H32N.C2H6O5S/c1-5-9-10-11-12-13-14-15(6-2,7-3)8-4;1-2-6-7-8(3,4)5/h5-14H2,1-4H3;2H2,1H3,(H,3,4,5)/q+1;/p-1. The fourth-order valence-electron chi connectivity index (χ4n) is 2.48. The maximum Gasteiger partial charge on any atom is 0.245 e. The summed E-state index contributed by atoms with van der Waals surface area (Å²) >= 11 is 0. The summed E-state index contributed by atoms with van der Waals surface area (Å²) in [5.41, 5.74) is 0. The van der Waals surface area contributed by atoms with Crippen LogP contribution in [-0.4, -0.2) is 50.2 Å². The lowest BCUT2D eigenvalue weighted by Gasteiger charge is -2.35. The van der Waals surface area contributed by atoms with Crippen LogP contribution in [0.5, 0.6) is 0 Å². The average Bonchev–Trinajstić information content (AvgIpc) is 2.53. The van der Waals surface area contributed by atoms with E-state index in [0.717, 1.165) is 0 Å². The van der Waals surface area contributed by atoms with Crippen LogP contribution in [0.1, 0.15) is 73.1 Å². The van der Waals surface area contributed by atoms with Crippen LogP contribution in [0.25, 0.3) is 0 Å². The third kappa shape index (κ3) is 16.4. The highest BCUT2D eigenvalue weighted by atomic mass is 32.3. The third-order valence-corrected chi connectivity index (χ3v) is 4.51. The summed E-state index contributed by atoms with van der Waals surface area (Å²) in [4.78, 5) is 3.80. The van der Waals surface area contributed by atoms with Gasteiger partial charge in [-0.25, -0.2) is 13.3 Å². The zero-order chi connectivity index (χ0) is 18.2. The molecule has 0 unspecified atom stereocenters. The van der Waals surface area contributed by atoms with Gasteiger partial charge in [-0.15, -0.1) is 4.33 Å². The van der Waals surface area contributed by atoms with Crippen molar-refractivity contribution in [1.29, 1.82) is 0 Å². The van der Waals surface area contributed by atoms with Gasteiger partial charge in [-0.1, -0.05) is 32.6 Å². The van der Waals surface area contributed by atoms with Crippen LogP contribution < -0.4 is 0 Å². The van der Waals surface area contributed by atoms with Gasteiger partial charge in [0, 0.05) is 0 Å². The molecule has 0 bridgehead atoms. The van der Waals surface area contributed by atoms with Crippen molar-refractivity contribution in [2.24, 2.45) is 0 Å². The Morgan fingerprint density at radius 3 is 1.65 bits per heavy atom. The first-order valence-electron chi connectivity index (χ1n) is 8.92. The molecule has 0 fully saturated rings. The Bertz CT molecular complexity index is 334. The van der Waals surface area contributed by atoms with Gasteiger partial charge in [0.15, 0.2) is 0 Å². The first-order valence-corrected chi connectivity index (χ1v) is 10.3. The summed E-state index contributed by atoms with van der Waals surface area (Å²) in [6.45, 7) is 16.1. The predicted octanol–water partition coefficient (Wildman–Crippen LogP) is 3.64. The van der Waals surface area contributed by atoms with Crippen molar-refractivity contribution in [1.82, 2.24) is 0 Å². The Balaban J connectivity index is 0. The molecule has 0 rings (SSSR count). The third-order valence-electron chi connectivity index (χ3n) is 4.25. The molecule has 23 heavy (non-hydrogen) atoms. The Labute approximate surface area is 143 Å². The maximum absolute atomic E-state index is 9.49. The Morgan fingerprint density at radius 2 is 1.30 bits per heavy atom. The molecule has 0 saturated carbocycles. The highest BCUT2D eigenvalue weighted by molar-refractivity contribution is 7.80. The van der Waals surface area contributed by atoms with Crippen molar-refractivity contribution in [3.8, 4) is 0 Å². The summed E-state index contributed by atoms with van der Waals surface area (Å²) in [7, 11) is -4.66. The van der Waals surface area contributed by atoms with Crippen LogP contribution in [0.2, 0.25) is 0 Å². The average molecular weight is 356 g/mol. The molecule has 0 aliphatic heterocycles. The van der Waals surface area contributed by atoms with E-state index >= 15 is 0 Å². The van der Waals surface area contributed by atoms with E-state index in [0.29, 0.717) is 0 Å². The van der Waals surface area contributed by atoms with Crippen molar-refractivity contribution in [3.05, 3.63) is 0 Å². The Morgan fingerprint density at radius 1 is 0.826 bits per heavy atom. The molecule has 0 aliphatic rings. The number of quaternary nitrogens is 1. The van der Waals surface area contributed by atoms with Gasteiger partial charge in [0.05, 0.1) is 32.8 Å².